The first kappa shape index (κ1) is 40.4. The number of aromatic nitrogens is 2. The number of anilines is 3. The Morgan fingerprint density at radius 3 is 2.15 bits per heavy atom. The Morgan fingerprint density at radius 1 is 0.683 bits per heavy atom. The van der Waals surface area contributed by atoms with Crippen molar-refractivity contribution in [1.29, 1.82) is 0 Å². The summed E-state index contributed by atoms with van der Waals surface area (Å²) in [5.74, 6) is 1.54. The molecule has 0 radical (unpaired) electrons. The molecule has 60 heavy (non-hydrogen) atoms. The summed E-state index contributed by atoms with van der Waals surface area (Å²) in [6.45, 7) is 29.4. The fourth-order valence-electron chi connectivity index (χ4n) is 11.0. The van der Waals surface area contributed by atoms with Gasteiger partial charge in [-0.15, -0.1) is 40.3 Å². The van der Waals surface area contributed by atoms with Crippen LogP contribution in [0.3, 0.4) is 0 Å². The minimum atomic E-state index is -0.596. The van der Waals surface area contributed by atoms with Crippen LogP contribution in [0, 0.1) is 39.8 Å². The molecule has 6 heteroatoms. The molecule has 0 fully saturated rings. The van der Waals surface area contributed by atoms with Gasteiger partial charge in [-0.05, 0) is 102 Å². The number of ether oxygens (including phenoxy) is 1. The van der Waals surface area contributed by atoms with E-state index in [0.717, 1.165) is 56.0 Å². The minimum absolute atomic E-state index is 0. The van der Waals surface area contributed by atoms with Crippen molar-refractivity contribution in [2.24, 2.45) is 4.99 Å². The van der Waals surface area contributed by atoms with Gasteiger partial charge in [-0.2, -0.15) is 6.07 Å². The molecule has 0 spiro atoms. The second-order valence-corrected chi connectivity index (χ2v) is 19.9. The van der Waals surface area contributed by atoms with Crippen LogP contribution in [0.2, 0.25) is 0 Å². The molecule has 0 saturated carbocycles. The van der Waals surface area contributed by atoms with Gasteiger partial charge in [0.1, 0.15) is 22.9 Å². The predicted molar refractivity (Wildman–Crippen MR) is 244 cm³/mol. The summed E-state index contributed by atoms with van der Waals surface area (Å²) in [5.41, 5.74) is 15.4. The SMILES string of the molecule is Cc1cc(C)c2c(c1)[C@@]1(C)N=C(c3[c-]c(N4c5[c-]c6c(cc5C(C)(C)c5ccccc54)c4ccccc4n6-c4cc(C(C)(C)C)ccn4)c(C)cc3C)O[C@@]1(C)C2(C)C.[Pt+2]. The van der Waals surface area contributed by atoms with Crippen LogP contribution in [0.1, 0.15) is 118 Å². The molecule has 10 rings (SSSR count). The molecule has 2 aromatic heterocycles. The minimum Gasteiger partial charge on any atom is -0.510 e. The second kappa shape index (κ2) is 13.0. The standard InChI is InChI=1S/C54H54N4O.Pt/c1-31-24-34(4)48-41(25-31)53(12)54(13,52(48,10)11)59-49(56-53)37-29-44(33(3)26-32(37)2)57-43-21-17-15-19-39(43)51(8,9)40-28-38-36-18-14-16-20-42(36)58(45(38)30-46(40)57)47-27-35(22-23-55-47)50(5,6)7;/h14-28H,1-13H3;/q-2;+2/t53-,54+;/m1./s1. The number of aryl methyl sites for hydroxylation is 4. The van der Waals surface area contributed by atoms with E-state index in [1.165, 1.54) is 44.3 Å². The van der Waals surface area contributed by atoms with Crippen LogP contribution < -0.4 is 4.90 Å². The van der Waals surface area contributed by atoms with E-state index in [1.807, 2.05) is 6.20 Å². The van der Waals surface area contributed by atoms with Crippen molar-refractivity contribution < 1.29 is 25.8 Å². The third kappa shape index (κ3) is 5.27. The van der Waals surface area contributed by atoms with Crippen LogP contribution in [0.4, 0.5) is 17.1 Å². The molecule has 0 N–H and O–H groups in total. The smallest absolute Gasteiger partial charge is 0.510 e. The van der Waals surface area contributed by atoms with Crippen molar-refractivity contribution in [1.82, 2.24) is 9.55 Å². The normalized spacial score (nSPS) is 20.9. The first-order valence-electron chi connectivity index (χ1n) is 21.1. The third-order valence-electron chi connectivity index (χ3n) is 14.5. The Labute approximate surface area is 370 Å². The number of hydrogen-bond acceptors (Lipinski definition) is 4. The summed E-state index contributed by atoms with van der Waals surface area (Å²) in [6, 6.07) is 39.3. The van der Waals surface area contributed by atoms with Crippen molar-refractivity contribution in [3.05, 3.63) is 159 Å². The molecule has 7 aromatic rings. The molecule has 0 amide bonds. The maximum Gasteiger partial charge on any atom is 2.00 e. The Bertz CT molecular complexity index is 3000. The molecule has 0 saturated heterocycles. The zero-order valence-corrected chi connectivity index (χ0v) is 39.4. The molecule has 3 aliphatic rings. The van der Waals surface area contributed by atoms with Gasteiger partial charge in [-0.25, -0.2) is 4.98 Å². The van der Waals surface area contributed by atoms with E-state index in [1.54, 1.807) is 0 Å². The van der Waals surface area contributed by atoms with Gasteiger partial charge in [-0.1, -0.05) is 133 Å². The van der Waals surface area contributed by atoms with Gasteiger partial charge in [0.15, 0.2) is 0 Å². The Balaban J connectivity index is 0.00000462. The second-order valence-electron chi connectivity index (χ2n) is 19.9. The van der Waals surface area contributed by atoms with E-state index < -0.39 is 11.1 Å². The summed E-state index contributed by atoms with van der Waals surface area (Å²) in [6.07, 6.45) is 1.94. The van der Waals surface area contributed by atoms with Gasteiger partial charge in [0.2, 0.25) is 0 Å². The summed E-state index contributed by atoms with van der Waals surface area (Å²) in [7, 11) is 0. The first-order chi connectivity index (χ1) is 27.8. The summed E-state index contributed by atoms with van der Waals surface area (Å²) >= 11 is 0. The monoisotopic (exact) mass is 969 g/mol. The zero-order valence-electron chi connectivity index (χ0n) is 37.2. The van der Waals surface area contributed by atoms with Crippen molar-refractivity contribution >= 4 is 44.8 Å². The number of aliphatic imine (C=N–C) groups is 1. The number of rotatable bonds is 3. The van der Waals surface area contributed by atoms with E-state index in [2.05, 4.69) is 197 Å². The van der Waals surface area contributed by atoms with E-state index in [9.17, 15) is 0 Å². The van der Waals surface area contributed by atoms with E-state index in [4.69, 9.17) is 14.7 Å². The van der Waals surface area contributed by atoms with Crippen molar-refractivity contribution in [2.45, 2.75) is 117 Å². The van der Waals surface area contributed by atoms with Crippen LogP contribution in [-0.4, -0.2) is 21.0 Å². The molecule has 4 heterocycles. The molecule has 5 aromatic carbocycles. The van der Waals surface area contributed by atoms with Gasteiger partial charge in [0, 0.05) is 22.8 Å². The average Bonchev–Trinajstić information content (AvgIpc) is 3.69. The summed E-state index contributed by atoms with van der Waals surface area (Å²) in [5, 5.41) is 2.35. The molecule has 1 aliphatic carbocycles. The first-order valence-corrected chi connectivity index (χ1v) is 21.1. The van der Waals surface area contributed by atoms with E-state index in [-0.39, 0.29) is 37.3 Å². The molecular weight excluding hydrogens is 916 g/mol. The predicted octanol–water partition coefficient (Wildman–Crippen LogP) is 13.2. The Kier molecular flexibility index (Phi) is 8.76. The van der Waals surface area contributed by atoms with Crippen molar-refractivity contribution in [3.8, 4) is 5.82 Å². The van der Waals surface area contributed by atoms with Gasteiger partial charge >= 0.3 is 21.1 Å². The van der Waals surface area contributed by atoms with Gasteiger partial charge < -0.3 is 14.2 Å². The van der Waals surface area contributed by atoms with Crippen LogP contribution in [0.15, 0.2) is 96.1 Å². The number of hydrogen-bond donors (Lipinski definition) is 0. The maximum atomic E-state index is 7.26. The average molecular weight is 970 g/mol. The van der Waals surface area contributed by atoms with Crippen LogP contribution in [0.5, 0.6) is 0 Å². The number of benzene rings is 5. The number of fused-ring (bicyclic) bond motifs is 8. The van der Waals surface area contributed by atoms with E-state index in [0.29, 0.717) is 5.90 Å². The molecule has 306 valence electrons. The molecule has 0 unspecified atom stereocenters. The van der Waals surface area contributed by atoms with Crippen LogP contribution in [0.25, 0.3) is 27.6 Å². The van der Waals surface area contributed by atoms with Crippen molar-refractivity contribution in [2.75, 3.05) is 4.90 Å². The van der Waals surface area contributed by atoms with Crippen LogP contribution >= 0.6 is 0 Å². The largest absolute Gasteiger partial charge is 2.00 e. The van der Waals surface area contributed by atoms with Gasteiger partial charge in [0.05, 0.1) is 0 Å². The molecule has 5 nitrogen and oxygen atoms in total. The molecule has 2 atom stereocenters. The molecular formula is C54H54N4OPt. The molecule has 0 bridgehead atoms. The van der Waals surface area contributed by atoms with Crippen LogP contribution in [-0.2, 0) is 47.6 Å². The summed E-state index contributed by atoms with van der Waals surface area (Å²) < 4.78 is 9.56. The van der Waals surface area contributed by atoms with Gasteiger partial charge in [0.25, 0.3) is 0 Å². The zero-order chi connectivity index (χ0) is 41.8. The quantitative estimate of drug-likeness (QED) is 0.166. The molecule has 2 aliphatic heterocycles. The Morgan fingerprint density at radius 2 is 1.40 bits per heavy atom. The van der Waals surface area contributed by atoms with E-state index >= 15 is 0 Å². The Hall–Kier alpha value is -4.99. The number of pyridine rings is 1. The van der Waals surface area contributed by atoms with Crippen molar-refractivity contribution in [3.63, 3.8) is 0 Å². The fraction of sp³-hybridized carbons (Fsp3) is 0.333. The number of nitrogens with zero attached hydrogens (tertiary/aromatic N) is 4. The fourth-order valence-corrected chi connectivity index (χ4v) is 11.0. The summed E-state index contributed by atoms with van der Waals surface area (Å²) in [4.78, 5) is 13.0. The van der Waals surface area contributed by atoms with Gasteiger partial charge in [-0.3, -0.25) is 4.99 Å². The number of para-hydroxylation sites is 2. The third-order valence-corrected chi connectivity index (χ3v) is 14.5. The maximum absolute atomic E-state index is 7.26. The topological polar surface area (TPSA) is 42.7 Å².